The molecule has 0 bridgehead atoms. The number of amides is 1. The molecule has 0 atom stereocenters. The summed E-state index contributed by atoms with van der Waals surface area (Å²) in [6.45, 7) is 5.14. The van der Waals surface area contributed by atoms with Gasteiger partial charge in [0.1, 0.15) is 11.4 Å². The first kappa shape index (κ1) is 19.9. The number of pyridine rings is 1. The van der Waals surface area contributed by atoms with E-state index < -0.39 is 0 Å². The van der Waals surface area contributed by atoms with Gasteiger partial charge in [0.15, 0.2) is 0 Å². The van der Waals surface area contributed by atoms with E-state index in [1.54, 1.807) is 24.4 Å². The third-order valence-electron chi connectivity index (χ3n) is 5.13. The second kappa shape index (κ2) is 8.98. The number of nitrogens with one attached hydrogen (secondary N) is 1. The van der Waals surface area contributed by atoms with Crippen LogP contribution in [0.25, 0.3) is 22.3 Å². The molecule has 3 aromatic rings. The second-order valence-electron chi connectivity index (χ2n) is 7.16. The molecule has 0 radical (unpaired) electrons. The van der Waals surface area contributed by atoms with Gasteiger partial charge in [0.05, 0.1) is 25.6 Å². The van der Waals surface area contributed by atoms with Gasteiger partial charge in [-0.25, -0.2) is 19.7 Å². The zero-order valence-corrected chi connectivity index (χ0v) is 17.3. The Hall–Kier alpha value is -3.36. The molecule has 1 fully saturated rings. The number of anilines is 1. The third kappa shape index (κ3) is 4.14. The predicted molar refractivity (Wildman–Crippen MR) is 116 cm³/mol. The van der Waals surface area contributed by atoms with E-state index in [2.05, 4.69) is 19.9 Å². The van der Waals surface area contributed by atoms with Crippen molar-refractivity contribution in [3.05, 3.63) is 30.7 Å². The quantitative estimate of drug-likeness (QED) is 0.686. The highest BCUT2D eigenvalue weighted by Gasteiger charge is 2.22. The van der Waals surface area contributed by atoms with Crippen molar-refractivity contribution in [3.63, 3.8) is 0 Å². The molecule has 3 aromatic heterocycles. The van der Waals surface area contributed by atoms with Gasteiger partial charge < -0.3 is 24.3 Å². The molecule has 4 heterocycles. The van der Waals surface area contributed by atoms with Crippen molar-refractivity contribution in [1.29, 1.82) is 0 Å². The van der Waals surface area contributed by atoms with E-state index in [4.69, 9.17) is 14.5 Å². The van der Waals surface area contributed by atoms with Gasteiger partial charge in [0.25, 0.3) is 0 Å². The molecule has 0 aromatic carbocycles. The van der Waals surface area contributed by atoms with Crippen LogP contribution in [0.4, 0.5) is 10.7 Å². The summed E-state index contributed by atoms with van der Waals surface area (Å²) in [5.74, 6) is 1.35. The van der Waals surface area contributed by atoms with Gasteiger partial charge in [-0.15, -0.1) is 0 Å². The van der Waals surface area contributed by atoms with Crippen molar-refractivity contribution in [3.8, 4) is 17.0 Å². The standard InChI is InChI=1S/C21H26N6O3.H2/c1-3-11-30-21(28)27-8-4-7-26(9-10-27)20-22-6-5-18(25-20)17-14-24-19-16(17)12-15(29-2)13-23-19;/h5-6,12-14H,3-4,7-11H2,1-2H3,(H,23,24);1H. The minimum Gasteiger partial charge on any atom is -0.495 e. The van der Waals surface area contributed by atoms with E-state index in [-0.39, 0.29) is 7.52 Å². The molecule has 9 heteroatoms. The topological polar surface area (TPSA) is 96.5 Å². The van der Waals surface area contributed by atoms with Crippen LogP contribution in [0, 0.1) is 0 Å². The second-order valence-corrected chi connectivity index (χ2v) is 7.16. The van der Waals surface area contributed by atoms with Crippen LogP contribution in [0.1, 0.15) is 21.2 Å². The van der Waals surface area contributed by atoms with Crippen molar-refractivity contribution in [2.75, 3.05) is 44.8 Å². The van der Waals surface area contributed by atoms with Crippen LogP contribution in [0.15, 0.2) is 30.7 Å². The maximum atomic E-state index is 12.2. The molecule has 160 valence electrons. The number of hydrogen-bond acceptors (Lipinski definition) is 7. The smallest absolute Gasteiger partial charge is 0.409 e. The molecular weight excluding hydrogens is 384 g/mol. The lowest BCUT2D eigenvalue weighted by atomic mass is 10.1. The Morgan fingerprint density at radius 2 is 2.17 bits per heavy atom. The lowest BCUT2D eigenvalue weighted by Gasteiger charge is -2.22. The fraction of sp³-hybridized carbons (Fsp3) is 0.429. The number of carbonyl (C=O) groups excluding carboxylic acids is 1. The molecule has 1 N–H and O–H groups in total. The average molecular weight is 412 g/mol. The first-order valence-electron chi connectivity index (χ1n) is 10.2. The van der Waals surface area contributed by atoms with Gasteiger partial charge >= 0.3 is 6.09 Å². The third-order valence-corrected chi connectivity index (χ3v) is 5.13. The molecule has 1 aliphatic heterocycles. The largest absolute Gasteiger partial charge is 0.495 e. The van der Waals surface area contributed by atoms with Gasteiger partial charge in [-0.05, 0) is 25.0 Å². The van der Waals surface area contributed by atoms with Gasteiger partial charge in [0.2, 0.25) is 5.95 Å². The fourth-order valence-corrected chi connectivity index (χ4v) is 3.54. The van der Waals surface area contributed by atoms with Crippen LogP contribution in [-0.4, -0.2) is 70.8 Å². The Bertz CT molecular complexity index is 1030. The number of ether oxygens (including phenoxy) is 2. The lowest BCUT2D eigenvalue weighted by Crippen LogP contribution is -2.36. The summed E-state index contributed by atoms with van der Waals surface area (Å²) >= 11 is 0. The SMILES string of the molecule is CCCOC(=O)N1CCCN(c2nccc(-c3c[nH]c4ncc(OC)cc34)n2)CC1.[HH]. The van der Waals surface area contributed by atoms with Crippen molar-refractivity contribution < 1.29 is 15.7 Å². The number of carbonyl (C=O) groups is 1. The Balaban J connectivity index is 0.00000272. The lowest BCUT2D eigenvalue weighted by molar-refractivity contribution is 0.105. The molecule has 30 heavy (non-hydrogen) atoms. The first-order valence-corrected chi connectivity index (χ1v) is 10.2. The predicted octanol–water partition coefficient (Wildman–Crippen LogP) is 3.33. The molecule has 0 saturated carbocycles. The Morgan fingerprint density at radius 1 is 1.27 bits per heavy atom. The molecule has 4 rings (SSSR count). The summed E-state index contributed by atoms with van der Waals surface area (Å²) < 4.78 is 10.6. The Morgan fingerprint density at radius 3 is 3.00 bits per heavy atom. The molecule has 0 aliphatic carbocycles. The number of fused-ring (bicyclic) bond motifs is 1. The normalized spacial score (nSPS) is 14.6. The maximum Gasteiger partial charge on any atom is 0.409 e. The monoisotopic (exact) mass is 412 g/mol. The van der Waals surface area contributed by atoms with Crippen LogP contribution < -0.4 is 9.64 Å². The maximum absolute atomic E-state index is 12.2. The molecule has 1 aliphatic rings. The fourth-order valence-electron chi connectivity index (χ4n) is 3.54. The highest BCUT2D eigenvalue weighted by atomic mass is 16.6. The molecule has 0 spiro atoms. The number of aromatic nitrogens is 4. The minimum atomic E-state index is -0.242. The average Bonchev–Trinajstić information content (AvgIpc) is 3.04. The van der Waals surface area contributed by atoms with E-state index in [1.165, 1.54) is 0 Å². The number of aromatic amines is 1. The highest BCUT2D eigenvalue weighted by Crippen LogP contribution is 2.29. The molecule has 1 amide bonds. The van der Waals surface area contributed by atoms with E-state index in [0.717, 1.165) is 41.7 Å². The summed E-state index contributed by atoms with van der Waals surface area (Å²) in [6.07, 6.45) is 6.76. The zero-order chi connectivity index (χ0) is 20.9. The van der Waals surface area contributed by atoms with Crippen LogP contribution >= 0.6 is 0 Å². The van der Waals surface area contributed by atoms with Crippen molar-refractivity contribution >= 4 is 23.1 Å². The van der Waals surface area contributed by atoms with Crippen molar-refractivity contribution in [2.24, 2.45) is 0 Å². The van der Waals surface area contributed by atoms with Gasteiger partial charge in [-0.3, -0.25) is 0 Å². The van der Waals surface area contributed by atoms with Gasteiger partial charge in [0, 0.05) is 50.9 Å². The van der Waals surface area contributed by atoms with Crippen LogP contribution in [-0.2, 0) is 4.74 Å². The summed E-state index contributed by atoms with van der Waals surface area (Å²) in [5, 5.41) is 0.944. The Kier molecular flexibility index (Phi) is 5.97. The number of H-pyrrole nitrogens is 1. The summed E-state index contributed by atoms with van der Waals surface area (Å²) in [5.41, 5.74) is 2.53. The van der Waals surface area contributed by atoms with Crippen molar-refractivity contribution in [2.45, 2.75) is 19.8 Å². The van der Waals surface area contributed by atoms with Crippen LogP contribution in [0.5, 0.6) is 5.75 Å². The number of methoxy groups -OCH3 is 1. The molecule has 1 saturated heterocycles. The summed E-state index contributed by atoms with van der Waals surface area (Å²) in [7, 11) is 1.62. The molecule has 9 nitrogen and oxygen atoms in total. The van der Waals surface area contributed by atoms with Gasteiger partial charge in [-0.1, -0.05) is 6.92 Å². The van der Waals surface area contributed by atoms with Crippen LogP contribution in [0.3, 0.4) is 0 Å². The highest BCUT2D eigenvalue weighted by molar-refractivity contribution is 5.93. The van der Waals surface area contributed by atoms with E-state index in [1.807, 2.05) is 25.3 Å². The summed E-state index contributed by atoms with van der Waals surface area (Å²) in [4.78, 5) is 32.9. The Labute approximate surface area is 176 Å². The zero-order valence-electron chi connectivity index (χ0n) is 17.3. The van der Waals surface area contributed by atoms with Gasteiger partial charge in [-0.2, -0.15) is 0 Å². The van der Waals surface area contributed by atoms with E-state index >= 15 is 0 Å². The van der Waals surface area contributed by atoms with E-state index in [0.29, 0.717) is 37.9 Å². The number of nitrogens with zero attached hydrogens (tertiary/aromatic N) is 5. The van der Waals surface area contributed by atoms with Crippen LogP contribution in [0.2, 0.25) is 0 Å². The molecular formula is C21H28N6O3. The minimum absolute atomic E-state index is 0. The molecule has 0 unspecified atom stereocenters. The van der Waals surface area contributed by atoms with E-state index in [9.17, 15) is 4.79 Å². The first-order chi connectivity index (χ1) is 14.7. The summed E-state index contributed by atoms with van der Waals surface area (Å²) in [6, 6.07) is 3.83. The van der Waals surface area contributed by atoms with Crippen molar-refractivity contribution in [1.82, 2.24) is 24.8 Å². The number of rotatable bonds is 5. The number of hydrogen-bond donors (Lipinski definition) is 1.